The normalized spacial score (nSPS) is 10.5. The van der Waals surface area contributed by atoms with Crippen LogP contribution in [0.2, 0.25) is 0 Å². The van der Waals surface area contributed by atoms with Gasteiger partial charge >= 0.3 is 0 Å². The fourth-order valence-electron chi connectivity index (χ4n) is 1.81. The second kappa shape index (κ2) is 6.22. The summed E-state index contributed by atoms with van der Waals surface area (Å²) in [7, 11) is 0. The Kier molecular flexibility index (Phi) is 4.63. The lowest BCUT2D eigenvalue weighted by Crippen LogP contribution is -2.01. The number of para-hydroxylation sites is 1. The van der Waals surface area contributed by atoms with Crippen LogP contribution in [0.4, 0.5) is 5.69 Å². The first kappa shape index (κ1) is 12.7. The van der Waals surface area contributed by atoms with Crippen LogP contribution in [0.5, 0.6) is 0 Å². The fraction of sp³-hybridized carbons (Fsp3) is 0.286. The van der Waals surface area contributed by atoms with Gasteiger partial charge in [0.1, 0.15) is 0 Å². The van der Waals surface area contributed by atoms with Gasteiger partial charge in [0, 0.05) is 15.0 Å². The summed E-state index contributed by atoms with van der Waals surface area (Å²) in [5.74, 6) is 0. The van der Waals surface area contributed by atoms with Crippen LogP contribution in [0.25, 0.3) is 0 Å². The minimum absolute atomic E-state index is 0.888. The summed E-state index contributed by atoms with van der Waals surface area (Å²) < 4.78 is 1.20. The average Bonchev–Trinajstić information content (AvgIpc) is 2.74. The zero-order valence-electron chi connectivity index (χ0n) is 9.87. The van der Waals surface area contributed by atoms with Crippen LogP contribution >= 0.6 is 27.3 Å². The van der Waals surface area contributed by atoms with E-state index in [1.807, 2.05) is 0 Å². The lowest BCUT2D eigenvalue weighted by atomic mass is 10.1. The molecule has 0 saturated heterocycles. The molecule has 1 aromatic heterocycles. The molecule has 0 aliphatic heterocycles. The highest BCUT2D eigenvalue weighted by molar-refractivity contribution is 9.10. The number of anilines is 1. The van der Waals surface area contributed by atoms with Crippen molar-refractivity contribution in [3.05, 3.63) is 50.6 Å². The lowest BCUT2D eigenvalue weighted by molar-refractivity contribution is 0.920. The SMILES string of the molecule is CCCc1ccccc1NCc1sccc1Br. The van der Waals surface area contributed by atoms with Crippen molar-refractivity contribution in [3.8, 4) is 0 Å². The van der Waals surface area contributed by atoms with Gasteiger partial charge in [-0.1, -0.05) is 31.5 Å². The van der Waals surface area contributed by atoms with Crippen LogP contribution in [0.3, 0.4) is 0 Å². The van der Waals surface area contributed by atoms with E-state index in [0.717, 1.165) is 13.0 Å². The molecule has 17 heavy (non-hydrogen) atoms. The van der Waals surface area contributed by atoms with E-state index in [1.165, 1.54) is 27.0 Å². The van der Waals surface area contributed by atoms with Gasteiger partial charge in [-0.15, -0.1) is 11.3 Å². The molecular weight excluding hydrogens is 294 g/mol. The van der Waals surface area contributed by atoms with E-state index in [2.05, 4.69) is 63.9 Å². The molecule has 0 aliphatic carbocycles. The maximum absolute atomic E-state index is 3.56. The third-order valence-electron chi connectivity index (χ3n) is 2.67. The Morgan fingerprint density at radius 2 is 2.06 bits per heavy atom. The molecule has 0 amide bonds. The van der Waals surface area contributed by atoms with Crippen molar-refractivity contribution in [1.82, 2.24) is 0 Å². The zero-order valence-corrected chi connectivity index (χ0v) is 12.3. The maximum Gasteiger partial charge on any atom is 0.0505 e. The molecule has 3 heteroatoms. The molecule has 0 aliphatic rings. The van der Waals surface area contributed by atoms with Crippen molar-refractivity contribution in [2.24, 2.45) is 0 Å². The van der Waals surface area contributed by atoms with E-state index >= 15 is 0 Å². The van der Waals surface area contributed by atoms with Crippen LogP contribution in [0.1, 0.15) is 23.8 Å². The van der Waals surface area contributed by atoms with Crippen LogP contribution in [-0.4, -0.2) is 0 Å². The molecule has 0 atom stereocenters. The topological polar surface area (TPSA) is 12.0 Å². The van der Waals surface area contributed by atoms with E-state index in [0.29, 0.717) is 0 Å². The molecule has 0 bridgehead atoms. The Morgan fingerprint density at radius 1 is 1.24 bits per heavy atom. The van der Waals surface area contributed by atoms with Gasteiger partial charge in [0.15, 0.2) is 0 Å². The summed E-state index contributed by atoms with van der Waals surface area (Å²) in [5.41, 5.74) is 2.66. The van der Waals surface area contributed by atoms with E-state index in [9.17, 15) is 0 Å². The van der Waals surface area contributed by atoms with E-state index in [1.54, 1.807) is 11.3 Å². The van der Waals surface area contributed by atoms with Crippen LogP contribution in [-0.2, 0) is 13.0 Å². The van der Waals surface area contributed by atoms with Crippen molar-refractivity contribution >= 4 is 33.0 Å². The second-order valence-corrected chi connectivity index (χ2v) is 5.81. The highest BCUT2D eigenvalue weighted by atomic mass is 79.9. The second-order valence-electron chi connectivity index (χ2n) is 3.95. The average molecular weight is 310 g/mol. The standard InChI is InChI=1S/C14H16BrNS/c1-2-5-11-6-3-4-7-13(11)16-10-14-12(15)8-9-17-14/h3-4,6-9,16H,2,5,10H2,1H3. The quantitative estimate of drug-likeness (QED) is 0.812. The van der Waals surface area contributed by atoms with Crippen molar-refractivity contribution in [3.63, 3.8) is 0 Å². The van der Waals surface area contributed by atoms with Gasteiger partial charge in [0.25, 0.3) is 0 Å². The molecule has 1 N–H and O–H groups in total. The number of halogens is 1. The highest BCUT2D eigenvalue weighted by Crippen LogP contribution is 2.24. The minimum Gasteiger partial charge on any atom is -0.380 e. The Morgan fingerprint density at radius 3 is 2.76 bits per heavy atom. The Labute approximate surface area is 115 Å². The predicted molar refractivity (Wildman–Crippen MR) is 79.8 cm³/mol. The predicted octanol–water partition coefficient (Wildman–Crippen LogP) is 5.08. The summed E-state index contributed by atoms with van der Waals surface area (Å²) in [4.78, 5) is 1.34. The van der Waals surface area contributed by atoms with Gasteiger partial charge < -0.3 is 5.32 Å². The molecule has 0 saturated carbocycles. The number of rotatable bonds is 5. The van der Waals surface area contributed by atoms with Crippen molar-refractivity contribution in [2.45, 2.75) is 26.3 Å². The van der Waals surface area contributed by atoms with Crippen molar-refractivity contribution in [1.29, 1.82) is 0 Å². The number of hydrogen-bond acceptors (Lipinski definition) is 2. The number of thiophene rings is 1. The van der Waals surface area contributed by atoms with Gasteiger partial charge in [-0.05, 0) is 45.4 Å². The summed E-state index contributed by atoms with van der Waals surface area (Å²) in [6, 6.07) is 10.7. The maximum atomic E-state index is 3.56. The van der Waals surface area contributed by atoms with E-state index in [-0.39, 0.29) is 0 Å². The van der Waals surface area contributed by atoms with Gasteiger partial charge in [-0.2, -0.15) is 0 Å². The smallest absolute Gasteiger partial charge is 0.0505 e. The van der Waals surface area contributed by atoms with E-state index < -0.39 is 0 Å². The molecular formula is C14H16BrNS. The molecule has 0 radical (unpaired) electrons. The molecule has 1 heterocycles. The minimum atomic E-state index is 0.888. The first-order chi connectivity index (χ1) is 8.31. The molecule has 0 spiro atoms. The van der Waals surface area contributed by atoms with Gasteiger partial charge in [-0.25, -0.2) is 0 Å². The van der Waals surface area contributed by atoms with Crippen molar-refractivity contribution < 1.29 is 0 Å². The van der Waals surface area contributed by atoms with Gasteiger partial charge in [0.05, 0.1) is 6.54 Å². The fourth-order valence-corrected chi connectivity index (χ4v) is 3.24. The molecule has 1 nitrogen and oxygen atoms in total. The summed E-state index contributed by atoms with van der Waals surface area (Å²) in [5, 5.41) is 5.63. The van der Waals surface area contributed by atoms with Crippen molar-refractivity contribution in [2.75, 3.05) is 5.32 Å². The molecule has 1 aromatic carbocycles. The third-order valence-corrected chi connectivity index (χ3v) is 4.59. The molecule has 90 valence electrons. The summed E-state index contributed by atoms with van der Waals surface area (Å²) in [6.07, 6.45) is 2.32. The molecule has 0 unspecified atom stereocenters. The molecule has 0 fully saturated rings. The molecule has 2 rings (SSSR count). The highest BCUT2D eigenvalue weighted by Gasteiger charge is 2.03. The summed E-state index contributed by atoms with van der Waals surface area (Å²) >= 11 is 5.34. The Bertz CT molecular complexity index is 479. The Balaban J connectivity index is 2.06. The number of hydrogen-bond donors (Lipinski definition) is 1. The van der Waals surface area contributed by atoms with Crippen LogP contribution < -0.4 is 5.32 Å². The molecule has 2 aromatic rings. The van der Waals surface area contributed by atoms with Gasteiger partial charge in [-0.3, -0.25) is 0 Å². The van der Waals surface area contributed by atoms with Crippen LogP contribution in [0, 0.1) is 0 Å². The number of benzene rings is 1. The third kappa shape index (κ3) is 3.33. The number of nitrogens with one attached hydrogen (secondary N) is 1. The lowest BCUT2D eigenvalue weighted by Gasteiger charge is -2.10. The monoisotopic (exact) mass is 309 g/mol. The number of aryl methyl sites for hydroxylation is 1. The largest absolute Gasteiger partial charge is 0.380 e. The Hall–Kier alpha value is -0.800. The van der Waals surface area contributed by atoms with E-state index in [4.69, 9.17) is 0 Å². The first-order valence-electron chi connectivity index (χ1n) is 5.85. The van der Waals surface area contributed by atoms with Crippen LogP contribution in [0.15, 0.2) is 40.2 Å². The summed E-state index contributed by atoms with van der Waals surface area (Å²) in [6.45, 7) is 3.10. The van der Waals surface area contributed by atoms with Gasteiger partial charge in [0.2, 0.25) is 0 Å². The zero-order chi connectivity index (χ0) is 12.1. The first-order valence-corrected chi connectivity index (χ1v) is 7.52.